The summed E-state index contributed by atoms with van der Waals surface area (Å²) in [5, 5.41) is 11.2. The van der Waals surface area contributed by atoms with Crippen LogP contribution in [0, 0.1) is 23.0 Å². The molecule has 1 unspecified atom stereocenters. The molecule has 102 valence electrons. The van der Waals surface area contributed by atoms with Crippen LogP contribution in [0.1, 0.15) is 12.0 Å². The highest BCUT2D eigenvalue weighted by Gasteiger charge is 2.34. The van der Waals surface area contributed by atoms with Gasteiger partial charge in [-0.2, -0.15) is 12.6 Å². The van der Waals surface area contributed by atoms with Crippen LogP contribution in [0.25, 0.3) is 0 Å². The first kappa shape index (κ1) is 14.3. The molecule has 19 heavy (non-hydrogen) atoms. The second-order valence-corrected chi connectivity index (χ2v) is 5.89. The number of thiol groups is 1. The van der Waals surface area contributed by atoms with E-state index in [2.05, 4.69) is 28.6 Å². The largest absolute Gasteiger partial charge is 0.306 e. The Hall–Kier alpha value is -1.08. The fourth-order valence-corrected chi connectivity index (χ4v) is 3.13. The molecular weight excluding hydrogens is 332 g/mol. The van der Waals surface area contributed by atoms with Crippen LogP contribution >= 0.6 is 28.6 Å². The van der Waals surface area contributed by atoms with Gasteiger partial charge in [-0.05, 0) is 30.2 Å². The first-order valence-electron chi connectivity index (χ1n) is 5.79. The van der Waals surface area contributed by atoms with Gasteiger partial charge in [0, 0.05) is 23.5 Å². The fourth-order valence-electron chi connectivity index (χ4n) is 2.33. The van der Waals surface area contributed by atoms with Crippen molar-refractivity contribution >= 4 is 45.8 Å². The Morgan fingerprint density at radius 1 is 1.58 bits per heavy atom. The molecule has 0 spiro atoms. The molecule has 0 aliphatic carbocycles. The van der Waals surface area contributed by atoms with Gasteiger partial charge in [0.15, 0.2) is 0 Å². The Morgan fingerprint density at radius 3 is 2.79 bits per heavy atom. The maximum absolute atomic E-state index is 12.0. The van der Waals surface area contributed by atoms with Crippen LogP contribution in [0.4, 0.5) is 11.4 Å². The zero-order valence-electron chi connectivity index (χ0n) is 10.3. The molecule has 1 aromatic carbocycles. The maximum atomic E-state index is 12.0. The predicted octanol–water partition coefficient (Wildman–Crippen LogP) is 2.95. The molecule has 1 aromatic rings. The number of anilines is 1. The molecule has 1 heterocycles. The summed E-state index contributed by atoms with van der Waals surface area (Å²) in [7, 11) is 0. The summed E-state index contributed by atoms with van der Waals surface area (Å²) >= 11 is 7.44. The fraction of sp³-hybridized carbons (Fsp3) is 0.417. The van der Waals surface area contributed by atoms with Crippen molar-refractivity contribution in [2.45, 2.75) is 13.3 Å². The van der Waals surface area contributed by atoms with Crippen molar-refractivity contribution in [3.05, 3.63) is 32.3 Å². The molecule has 5 nitrogen and oxygen atoms in total. The zero-order chi connectivity index (χ0) is 14.2. The maximum Gasteiger partial charge on any atom is 0.294 e. The molecular formula is C12H13BrN2O3S. The number of carbonyl (C=O) groups excluding carboxylic acids is 1. The van der Waals surface area contributed by atoms with E-state index < -0.39 is 4.92 Å². The molecule has 2 rings (SSSR count). The van der Waals surface area contributed by atoms with E-state index in [0.717, 1.165) is 0 Å². The van der Waals surface area contributed by atoms with Gasteiger partial charge >= 0.3 is 0 Å². The molecule has 1 atom stereocenters. The Kier molecular flexibility index (Phi) is 4.15. The van der Waals surface area contributed by atoms with Gasteiger partial charge in [0.1, 0.15) is 5.69 Å². The van der Waals surface area contributed by atoms with E-state index in [1.807, 2.05) is 0 Å². The van der Waals surface area contributed by atoms with Crippen molar-refractivity contribution in [3.63, 3.8) is 0 Å². The molecule has 1 amide bonds. The van der Waals surface area contributed by atoms with Crippen LogP contribution in [-0.2, 0) is 4.79 Å². The summed E-state index contributed by atoms with van der Waals surface area (Å²) in [5.74, 6) is 0.678. The number of benzene rings is 1. The van der Waals surface area contributed by atoms with E-state index >= 15 is 0 Å². The second kappa shape index (κ2) is 5.50. The van der Waals surface area contributed by atoms with Gasteiger partial charge in [0.2, 0.25) is 5.91 Å². The third-order valence-electron chi connectivity index (χ3n) is 3.18. The predicted molar refractivity (Wildman–Crippen MR) is 79.8 cm³/mol. The average molecular weight is 345 g/mol. The number of amides is 1. The minimum absolute atomic E-state index is 0.0416. The van der Waals surface area contributed by atoms with Crippen LogP contribution in [0.5, 0.6) is 0 Å². The molecule has 1 aliphatic heterocycles. The summed E-state index contributed by atoms with van der Waals surface area (Å²) in [6.45, 7) is 2.26. The van der Waals surface area contributed by atoms with Crippen molar-refractivity contribution in [3.8, 4) is 0 Å². The van der Waals surface area contributed by atoms with Crippen LogP contribution in [0.3, 0.4) is 0 Å². The highest BCUT2D eigenvalue weighted by Crippen LogP contribution is 2.38. The third kappa shape index (κ3) is 2.76. The number of halogens is 1. The monoisotopic (exact) mass is 344 g/mol. The normalized spacial score (nSPS) is 19.0. The topological polar surface area (TPSA) is 63.5 Å². The Labute approximate surface area is 124 Å². The number of nitro benzene ring substituents is 1. The minimum Gasteiger partial charge on any atom is -0.306 e. The van der Waals surface area contributed by atoms with Gasteiger partial charge in [-0.25, -0.2) is 0 Å². The van der Waals surface area contributed by atoms with Crippen molar-refractivity contribution in [1.82, 2.24) is 0 Å². The highest BCUT2D eigenvalue weighted by molar-refractivity contribution is 9.10. The second-order valence-electron chi connectivity index (χ2n) is 4.60. The van der Waals surface area contributed by atoms with Crippen molar-refractivity contribution in [2.24, 2.45) is 5.92 Å². The highest BCUT2D eigenvalue weighted by atomic mass is 79.9. The molecule has 0 bridgehead atoms. The molecule has 1 saturated heterocycles. The van der Waals surface area contributed by atoms with Crippen molar-refractivity contribution < 1.29 is 9.72 Å². The standard InChI is InChI=1S/C12H13BrN2O3S/c1-7-2-9(13)4-10(15(17)18)12(7)14-5-8(6-19)3-11(14)16/h2,4,8,19H,3,5-6H2,1H3. The van der Waals surface area contributed by atoms with Gasteiger partial charge in [-0.3, -0.25) is 14.9 Å². The first-order chi connectivity index (χ1) is 8.93. The number of carbonyl (C=O) groups is 1. The van der Waals surface area contributed by atoms with E-state index in [4.69, 9.17) is 0 Å². The molecule has 0 saturated carbocycles. The van der Waals surface area contributed by atoms with Gasteiger partial charge in [0.05, 0.1) is 4.92 Å². The average Bonchev–Trinajstić information content (AvgIpc) is 2.69. The number of nitrogens with zero attached hydrogens (tertiary/aromatic N) is 2. The number of rotatable bonds is 3. The van der Waals surface area contributed by atoms with E-state index in [1.54, 1.807) is 13.0 Å². The Morgan fingerprint density at radius 2 is 2.26 bits per heavy atom. The lowest BCUT2D eigenvalue weighted by Crippen LogP contribution is -2.26. The number of aryl methyl sites for hydroxylation is 1. The van der Waals surface area contributed by atoms with Crippen molar-refractivity contribution in [2.75, 3.05) is 17.2 Å². The van der Waals surface area contributed by atoms with Crippen LogP contribution in [-0.4, -0.2) is 23.1 Å². The third-order valence-corrected chi connectivity index (χ3v) is 4.15. The lowest BCUT2D eigenvalue weighted by atomic mass is 10.1. The first-order valence-corrected chi connectivity index (χ1v) is 7.22. The van der Waals surface area contributed by atoms with Crippen LogP contribution in [0.2, 0.25) is 0 Å². The summed E-state index contributed by atoms with van der Waals surface area (Å²) in [6.07, 6.45) is 0.399. The van der Waals surface area contributed by atoms with E-state index in [-0.39, 0.29) is 17.5 Å². The SMILES string of the molecule is Cc1cc(Br)cc([N+](=O)[O-])c1N1CC(CS)CC1=O. The lowest BCUT2D eigenvalue weighted by molar-refractivity contribution is -0.384. The van der Waals surface area contributed by atoms with Gasteiger partial charge < -0.3 is 4.90 Å². The smallest absolute Gasteiger partial charge is 0.294 e. The zero-order valence-corrected chi connectivity index (χ0v) is 12.8. The van der Waals surface area contributed by atoms with Gasteiger partial charge in [0.25, 0.3) is 5.69 Å². The van der Waals surface area contributed by atoms with Gasteiger partial charge in [-0.15, -0.1) is 0 Å². The molecule has 7 heteroatoms. The number of hydrogen-bond donors (Lipinski definition) is 1. The van der Waals surface area contributed by atoms with E-state index in [0.29, 0.717) is 34.4 Å². The molecule has 1 fully saturated rings. The minimum atomic E-state index is -0.450. The summed E-state index contributed by atoms with van der Waals surface area (Å²) in [4.78, 5) is 24.3. The molecule has 0 radical (unpaired) electrons. The Bertz CT molecular complexity index is 550. The van der Waals surface area contributed by atoms with Crippen LogP contribution in [0.15, 0.2) is 16.6 Å². The van der Waals surface area contributed by atoms with E-state index in [9.17, 15) is 14.9 Å². The van der Waals surface area contributed by atoms with E-state index in [1.165, 1.54) is 11.0 Å². The molecule has 0 N–H and O–H groups in total. The summed E-state index contributed by atoms with van der Waals surface area (Å²) < 4.78 is 0.637. The van der Waals surface area contributed by atoms with Crippen molar-refractivity contribution in [1.29, 1.82) is 0 Å². The summed E-state index contributed by atoms with van der Waals surface area (Å²) in [6, 6.07) is 3.22. The number of nitro groups is 1. The molecule has 1 aliphatic rings. The molecule has 0 aromatic heterocycles. The summed E-state index contributed by atoms with van der Waals surface area (Å²) in [5.41, 5.74) is 1.08. The quantitative estimate of drug-likeness (QED) is 0.520. The van der Waals surface area contributed by atoms with Crippen LogP contribution < -0.4 is 4.90 Å². The number of hydrogen-bond acceptors (Lipinski definition) is 4. The lowest BCUT2D eigenvalue weighted by Gasteiger charge is -2.19. The van der Waals surface area contributed by atoms with Gasteiger partial charge in [-0.1, -0.05) is 15.9 Å². The Balaban J connectivity index is 2.50.